The van der Waals surface area contributed by atoms with Crippen molar-refractivity contribution in [1.82, 2.24) is 0 Å². The van der Waals surface area contributed by atoms with Crippen LogP contribution in [0.3, 0.4) is 0 Å². The quantitative estimate of drug-likeness (QED) is 0.419. The number of thiophene rings is 1. The van der Waals surface area contributed by atoms with Crippen molar-refractivity contribution in [2.24, 2.45) is 11.1 Å². The van der Waals surface area contributed by atoms with Gasteiger partial charge in [-0.05, 0) is 48.3 Å². The fraction of sp³-hybridized carbons (Fsp3) is 0.333. The van der Waals surface area contributed by atoms with Crippen molar-refractivity contribution in [2.45, 2.75) is 58.8 Å². The maximum Gasteiger partial charge on any atom is 0.162 e. The highest BCUT2D eigenvalue weighted by molar-refractivity contribution is 7.12. The highest BCUT2D eigenvalue weighted by atomic mass is 32.1. The number of unbranched alkanes of at least 4 members (excludes halogenated alkanes) is 1. The third-order valence-electron chi connectivity index (χ3n) is 7.13. The second kappa shape index (κ2) is 9.02. The van der Waals surface area contributed by atoms with Crippen molar-refractivity contribution < 1.29 is 4.79 Å². The molecule has 5 rings (SSSR count). The van der Waals surface area contributed by atoms with Crippen molar-refractivity contribution in [3.05, 3.63) is 87.0 Å². The van der Waals surface area contributed by atoms with Gasteiger partial charge in [0.25, 0.3) is 0 Å². The Labute approximate surface area is 211 Å². The van der Waals surface area contributed by atoms with Crippen LogP contribution in [0.5, 0.6) is 0 Å². The third-order valence-corrected chi connectivity index (χ3v) is 8.34. The van der Waals surface area contributed by atoms with E-state index < -0.39 is 5.92 Å². The number of carbonyl (C=O) groups is 1. The first-order valence-corrected chi connectivity index (χ1v) is 13.2. The summed E-state index contributed by atoms with van der Waals surface area (Å²) < 4.78 is 0. The Hall–Kier alpha value is -3.36. The van der Waals surface area contributed by atoms with E-state index in [1.54, 1.807) is 11.3 Å². The molecular weight excluding hydrogens is 450 g/mol. The zero-order chi connectivity index (χ0) is 24.7. The highest BCUT2D eigenvalue weighted by Gasteiger charge is 2.45. The standard InChI is InChI=1S/C30H31N3OS/c1-4-5-11-20-14-15-26(35-20)27-22(18-31)29(32)33(24-16-30(2,3)17-25(34)28(24)27)23-13-8-10-19-9-6-7-12-21(19)23/h6-10,12-15,27H,4-5,11,16-17,32H2,1-3H3. The molecule has 3 aromatic rings. The molecule has 178 valence electrons. The minimum Gasteiger partial charge on any atom is -0.384 e. The van der Waals surface area contributed by atoms with Gasteiger partial charge in [0.2, 0.25) is 0 Å². The monoisotopic (exact) mass is 481 g/mol. The van der Waals surface area contributed by atoms with E-state index >= 15 is 0 Å². The summed E-state index contributed by atoms with van der Waals surface area (Å²) in [7, 11) is 0. The Morgan fingerprint density at radius 1 is 1.11 bits per heavy atom. The highest BCUT2D eigenvalue weighted by Crippen LogP contribution is 2.51. The van der Waals surface area contributed by atoms with Gasteiger partial charge in [-0.3, -0.25) is 9.69 Å². The molecule has 0 fully saturated rings. The molecule has 0 spiro atoms. The van der Waals surface area contributed by atoms with E-state index in [1.807, 2.05) is 29.2 Å². The molecule has 5 heteroatoms. The summed E-state index contributed by atoms with van der Waals surface area (Å²) in [4.78, 5) is 18.1. The molecule has 0 amide bonds. The topological polar surface area (TPSA) is 70.1 Å². The summed E-state index contributed by atoms with van der Waals surface area (Å²) in [6, 6.07) is 21.0. The van der Waals surface area contributed by atoms with Gasteiger partial charge in [-0.25, -0.2) is 0 Å². The van der Waals surface area contributed by atoms with Crippen LogP contribution in [-0.4, -0.2) is 5.78 Å². The molecule has 0 saturated carbocycles. The van der Waals surface area contributed by atoms with E-state index in [2.05, 4.69) is 57.2 Å². The predicted molar refractivity (Wildman–Crippen MR) is 144 cm³/mol. The molecule has 1 atom stereocenters. The number of benzene rings is 2. The summed E-state index contributed by atoms with van der Waals surface area (Å²) >= 11 is 1.71. The van der Waals surface area contributed by atoms with Crippen LogP contribution in [0.15, 0.2) is 77.3 Å². The molecule has 2 aliphatic rings. The van der Waals surface area contributed by atoms with E-state index in [4.69, 9.17) is 5.73 Å². The van der Waals surface area contributed by atoms with Crippen molar-refractivity contribution in [3.63, 3.8) is 0 Å². The van der Waals surface area contributed by atoms with Gasteiger partial charge >= 0.3 is 0 Å². The van der Waals surface area contributed by atoms with Crippen LogP contribution in [0.25, 0.3) is 10.8 Å². The molecule has 0 saturated heterocycles. The third kappa shape index (κ3) is 4.06. The Kier molecular flexibility index (Phi) is 6.02. The van der Waals surface area contributed by atoms with Crippen molar-refractivity contribution in [1.29, 1.82) is 5.26 Å². The first-order chi connectivity index (χ1) is 16.8. The number of rotatable bonds is 5. The van der Waals surface area contributed by atoms with E-state index in [-0.39, 0.29) is 11.2 Å². The summed E-state index contributed by atoms with van der Waals surface area (Å²) in [5.74, 6) is 0.155. The molecule has 2 N–H and O–H groups in total. The second-order valence-corrected chi connectivity index (χ2v) is 11.6. The van der Waals surface area contributed by atoms with E-state index in [9.17, 15) is 10.1 Å². The van der Waals surface area contributed by atoms with E-state index in [0.29, 0.717) is 17.8 Å². The molecule has 2 heterocycles. The molecule has 1 aliphatic heterocycles. The first-order valence-electron chi connectivity index (χ1n) is 12.4. The molecular formula is C30H31N3OS. The second-order valence-electron chi connectivity index (χ2n) is 10.4. The van der Waals surface area contributed by atoms with Crippen molar-refractivity contribution >= 4 is 33.6 Å². The van der Waals surface area contributed by atoms with Gasteiger partial charge in [0.1, 0.15) is 5.82 Å². The maximum atomic E-state index is 13.8. The largest absolute Gasteiger partial charge is 0.384 e. The summed E-state index contributed by atoms with van der Waals surface area (Å²) in [5.41, 5.74) is 9.73. The van der Waals surface area contributed by atoms with Crippen LogP contribution in [0, 0.1) is 16.7 Å². The first kappa shape index (κ1) is 23.4. The fourth-order valence-electron chi connectivity index (χ4n) is 5.51. The van der Waals surface area contributed by atoms with E-state index in [0.717, 1.165) is 58.3 Å². The number of aryl methyl sites for hydroxylation is 1. The van der Waals surface area contributed by atoms with Crippen LogP contribution in [0.1, 0.15) is 62.1 Å². The smallest absolute Gasteiger partial charge is 0.162 e. The van der Waals surface area contributed by atoms with Gasteiger partial charge in [0.05, 0.1) is 23.2 Å². The van der Waals surface area contributed by atoms with Crippen LogP contribution >= 0.6 is 11.3 Å². The van der Waals surface area contributed by atoms with E-state index in [1.165, 1.54) is 4.88 Å². The Bertz CT molecular complexity index is 1410. The van der Waals surface area contributed by atoms with Crippen molar-refractivity contribution in [3.8, 4) is 6.07 Å². The number of Topliss-reactive ketones (excluding diaryl/α,β-unsaturated/α-hetero) is 1. The minimum absolute atomic E-state index is 0.121. The summed E-state index contributed by atoms with van der Waals surface area (Å²) in [6.45, 7) is 6.46. The van der Waals surface area contributed by atoms with Crippen molar-refractivity contribution in [2.75, 3.05) is 4.90 Å². The molecule has 0 radical (unpaired) electrons. The van der Waals surface area contributed by atoms with Gasteiger partial charge in [-0.15, -0.1) is 11.3 Å². The van der Waals surface area contributed by atoms with Crippen LogP contribution in [-0.2, 0) is 11.2 Å². The number of nitriles is 1. The van der Waals surface area contributed by atoms with Gasteiger partial charge in [-0.1, -0.05) is 63.6 Å². The van der Waals surface area contributed by atoms with Gasteiger partial charge in [0.15, 0.2) is 5.78 Å². The van der Waals surface area contributed by atoms with Crippen LogP contribution in [0.4, 0.5) is 5.69 Å². The number of anilines is 1. The maximum absolute atomic E-state index is 13.8. The predicted octanol–water partition coefficient (Wildman–Crippen LogP) is 7.18. The lowest BCUT2D eigenvalue weighted by Gasteiger charge is -2.43. The van der Waals surface area contributed by atoms with Crippen LogP contribution < -0.4 is 10.6 Å². The number of carbonyl (C=O) groups excluding carboxylic acids is 1. The van der Waals surface area contributed by atoms with Gasteiger partial charge in [-0.2, -0.15) is 5.26 Å². The lowest BCUT2D eigenvalue weighted by atomic mass is 9.69. The molecule has 2 aromatic carbocycles. The molecule has 0 bridgehead atoms. The fourth-order valence-corrected chi connectivity index (χ4v) is 6.68. The van der Waals surface area contributed by atoms with Crippen LogP contribution in [0.2, 0.25) is 0 Å². The normalized spacial score (nSPS) is 19.8. The summed E-state index contributed by atoms with van der Waals surface area (Å²) in [5, 5.41) is 12.5. The SMILES string of the molecule is CCCCc1ccc(C2C(C#N)=C(N)N(c3cccc4ccccc34)C3=C2C(=O)CC(C)(C)C3)s1. The Morgan fingerprint density at radius 3 is 2.66 bits per heavy atom. The minimum atomic E-state index is -0.398. The molecule has 35 heavy (non-hydrogen) atoms. The molecule has 4 nitrogen and oxygen atoms in total. The Morgan fingerprint density at radius 2 is 1.89 bits per heavy atom. The average molecular weight is 482 g/mol. The molecule has 1 aromatic heterocycles. The lowest BCUT2D eigenvalue weighted by Crippen LogP contribution is -2.42. The number of allylic oxidation sites excluding steroid dienone is 3. The number of ketones is 1. The Balaban J connectivity index is 1.74. The number of hydrogen-bond acceptors (Lipinski definition) is 5. The molecule has 1 unspecified atom stereocenters. The zero-order valence-corrected chi connectivity index (χ0v) is 21.4. The molecule has 1 aliphatic carbocycles. The number of hydrogen-bond donors (Lipinski definition) is 1. The van der Waals surface area contributed by atoms with Gasteiger partial charge in [0, 0.05) is 32.8 Å². The zero-order valence-electron chi connectivity index (χ0n) is 20.6. The number of nitrogens with zero attached hydrogens (tertiary/aromatic N) is 2. The van der Waals surface area contributed by atoms with Gasteiger partial charge < -0.3 is 5.73 Å². The lowest BCUT2D eigenvalue weighted by molar-refractivity contribution is -0.118. The number of fused-ring (bicyclic) bond motifs is 1. The number of nitrogens with two attached hydrogens (primary N) is 1. The summed E-state index contributed by atoms with van der Waals surface area (Å²) in [6.07, 6.45) is 4.48. The average Bonchev–Trinajstić information content (AvgIpc) is 3.30.